The number of nitrogens with zero attached hydrogens (tertiary/aromatic N) is 3. The standard InChI is InChI=1S/C48H29N3O/c49-30-35-20-12-26-41-45(35)52-46-36(23-13-27-42(46)48(41)39-24-9-7-21-37(39)38-22-8-10-25-40(38)48)33-18-11-19-34(28-33)44-29-43(31-14-3-1-4-15-31)50-47(51-44)32-16-5-2-6-17-32/h1-29H. The highest BCUT2D eigenvalue weighted by Gasteiger charge is 2.51. The van der Waals surface area contributed by atoms with Crippen molar-refractivity contribution in [2.24, 2.45) is 0 Å². The van der Waals surface area contributed by atoms with Crippen LogP contribution in [0.4, 0.5) is 0 Å². The van der Waals surface area contributed by atoms with Gasteiger partial charge in [0, 0.05) is 33.4 Å². The van der Waals surface area contributed by atoms with Crippen LogP contribution in [0.1, 0.15) is 27.8 Å². The normalized spacial score (nSPS) is 12.9. The molecule has 1 aliphatic carbocycles. The molecular weight excluding hydrogens is 635 g/mol. The molecule has 2 aliphatic rings. The number of benzene rings is 7. The van der Waals surface area contributed by atoms with Crippen LogP contribution < -0.4 is 4.74 Å². The summed E-state index contributed by atoms with van der Waals surface area (Å²) in [4.78, 5) is 10.1. The quantitative estimate of drug-likeness (QED) is 0.188. The maximum Gasteiger partial charge on any atom is 0.160 e. The second-order valence-electron chi connectivity index (χ2n) is 13.2. The predicted molar refractivity (Wildman–Crippen MR) is 206 cm³/mol. The molecule has 7 aromatic carbocycles. The number of para-hydroxylation sites is 2. The first kappa shape index (κ1) is 29.8. The second kappa shape index (κ2) is 11.8. The second-order valence-corrected chi connectivity index (χ2v) is 13.2. The Labute approximate surface area is 301 Å². The molecule has 0 radical (unpaired) electrons. The van der Waals surface area contributed by atoms with Gasteiger partial charge in [0.2, 0.25) is 0 Å². The van der Waals surface area contributed by atoms with Crippen LogP contribution in [0.2, 0.25) is 0 Å². The van der Waals surface area contributed by atoms with Crippen molar-refractivity contribution in [3.8, 4) is 73.7 Å². The summed E-state index contributed by atoms with van der Waals surface area (Å²) in [5, 5.41) is 10.4. The lowest BCUT2D eigenvalue weighted by Gasteiger charge is -2.40. The van der Waals surface area contributed by atoms with Crippen molar-refractivity contribution in [3.05, 3.63) is 204 Å². The number of ether oxygens (including phenoxy) is 1. The molecule has 1 spiro atoms. The van der Waals surface area contributed by atoms with Gasteiger partial charge in [-0.2, -0.15) is 5.26 Å². The van der Waals surface area contributed by atoms with Gasteiger partial charge in [-0.1, -0.05) is 158 Å². The molecule has 4 heteroatoms. The van der Waals surface area contributed by atoms with E-state index in [4.69, 9.17) is 14.7 Å². The molecule has 242 valence electrons. The summed E-state index contributed by atoms with van der Waals surface area (Å²) >= 11 is 0. The maximum atomic E-state index is 10.4. The largest absolute Gasteiger partial charge is 0.455 e. The van der Waals surface area contributed by atoms with Gasteiger partial charge in [-0.05, 0) is 46.0 Å². The molecule has 0 atom stereocenters. The molecule has 4 nitrogen and oxygen atoms in total. The van der Waals surface area contributed by atoms with Crippen molar-refractivity contribution in [1.82, 2.24) is 9.97 Å². The first-order valence-corrected chi connectivity index (χ1v) is 17.4. The van der Waals surface area contributed by atoms with Crippen LogP contribution in [0.25, 0.3) is 56.2 Å². The Kier molecular flexibility index (Phi) is 6.74. The fraction of sp³-hybridized carbons (Fsp3) is 0.0208. The number of fused-ring (bicyclic) bond motifs is 9. The van der Waals surface area contributed by atoms with Crippen LogP contribution in [0.5, 0.6) is 11.5 Å². The average Bonchev–Trinajstić information content (AvgIpc) is 3.52. The van der Waals surface area contributed by atoms with Crippen LogP contribution in [0.15, 0.2) is 176 Å². The molecule has 0 saturated heterocycles. The minimum absolute atomic E-state index is 0.510. The monoisotopic (exact) mass is 663 g/mol. The number of hydrogen-bond donors (Lipinski definition) is 0. The van der Waals surface area contributed by atoms with E-state index < -0.39 is 5.41 Å². The van der Waals surface area contributed by atoms with Crippen molar-refractivity contribution in [3.63, 3.8) is 0 Å². The van der Waals surface area contributed by atoms with Crippen molar-refractivity contribution in [1.29, 1.82) is 5.26 Å². The number of rotatable bonds is 4. The third-order valence-electron chi connectivity index (χ3n) is 10.4. The van der Waals surface area contributed by atoms with Crippen LogP contribution in [-0.4, -0.2) is 9.97 Å². The van der Waals surface area contributed by atoms with E-state index in [1.807, 2.05) is 60.7 Å². The molecule has 0 fully saturated rings. The zero-order valence-electron chi connectivity index (χ0n) is 28.0. The van der Waals surface area contributed by atoms with Crippen molar-refractivity contribution in [2.45, 2.75) is 5.41 Å². The van der Waals surface area contributed by atoms with Gasteiger partial charge in [0.15, 0.2) is 5.82 Å². The minimum atomic E-state index is -0.668. The molecule has 1 aliphatic heterocycles. The summed E-state index contributed by atoms with van der Waals surface area (Å²) in [6.07, 6.45) is 0. The molecule has 0 saturated carbocycles. The highest BCUT2D eigenvalue weighted by Crippen LogP contribution is 2.63. The SMILES string of the molecule is N#Cc1cccc2c1Oc1c(-c3cccc(-c4cc(-c5ccccc5)nc(-c5ccccc5)n4)c3)cccc1C21c2ccccc2-c2ccccc21. The molecule has 2 heterocycles. The average molecular weight is 664 g/mol. The van der Waals surface area contributed by atoms with Gasteiger partial charge in [-0.25, -0.2) is 9.97 Å². The number of aromatic nitrogens is 2. The topological polar surface area (TPSA) is 58.8 Å². The van der Waals surface area contributed by atoms with E-state index in [0.717, 1.165) is 56.1 Å². The Bertz CT molecular complexity index is 2630. The molecule has 1 aromatic heterocycles. The first-order chi connectivity index (χ1) is 25.7. The maximum absolute atomic E-state index is 10.4. The van der Waals surface area contributed by atoms with Gasteiger partial charge >= 0.3 is 0 Å². The van der Waals surface area contributed by atoms with Crippen LogP contribution in [0, 0.1) is 11.3 Å². The summed E-state index contributed by atoms with van der Waals surface area (Å²) in [5.41, 5.74) is 13.2. The highest BCUT2D eigenvalue weighted by molar-refractivity contribution is 5.91. The van der Waals surface area contributed by atoms with E-state index >= 15 is 0 Å². The lowest BCUT2D eigenvalue weighted by atomic mass is 9.65. The Morgan fingerprint density at radius 1 is 0.423 bits per heavy atom. The van der Waals surface area contributed by atoms with Gasteiger partial charge in [0.05, 0.1) is 22.4 Å². The molecule has 10 rings (SSSR count). The van der Waals surface area contributed by atoms with E-state index in [1.54, 1.807) is 0 Å². The summed E-state index contributed by atoms with van der Waals surface area (Å²) < 4.78 is 6.95. The number of nitriles is 1. The lowest BCUT2D eigenvalue weighted by molar-refractivity contribution is 0.436. The predicted octanol–water partition coefficient (Wildman–Crippen LogP) is 11.5. The lowest BCUT2D eigenvalue weighted by Crippen LogP contribution is -2.32. The van der Waals surface area contributed by atoms with E-state index in [9.17, 15) is 5.26 Å². The van der Waals surface area contributed by atoms with E-state index in [0.29, 0.717) is 17.1 Å². The Morgan fingerprint density at radius 3 is 1.62 bits per heavy atom. The molecule has 0 bridgehead atoms. The first-order valence-electron chi connectivity index (χ1n) is 17.4. The minimum Gasteiger partial charge on any atom is -0.455 e. The zero-order valence-corrected chi connectivity index (χ0v) is 28.0. The Hall–Kier alpha value is -7.09. The number of hydrogen-bond acceptors (Lipinski definition) is 4. The Balaban J connectivity index is 1.20. The fourth-order valence-corrected chi connectivity index (χ4v) is 8.18. The van der Waals surface area contributed by atoms with Gasteiger partial charge in [0.25, 0.3) is 0 Å². The van der Waals surface area contributed by atoms with Crippen molar-refractivity contribution < 1.29 is 4.74 Å². The highest BCUT2D eigenvalue weighted by atomic mass is 16.5. The van der Waals surface area contributed by atoms with Crippen LogP contribution in [-0.2, 0) is 5.41 Å². The molecule has 0 amide bonds. The zero-order chi connectivity index (χ0) is 34.6. The Morgan fingerprint density at radius 2 is 0.923 bits per heavy atom. The van der Waals surface area contributed by atoms with Crippen molar-refractivity contribution in [2.75, 3.05) is 0 Å². The van der Waals surface area contributed by atoms with Crippen molar-refractivity contribution >= 4 is 0 Å². The summed E-state index contributed by atoms with van der Waals surface area (Å²) in [5.74, 6) is 2.02. The summed E-state index contributed by atoms with van der Waals surface area (Å²) in [6, 6.07) is 62.9. The summed E-state index contributed by atoms with van der Waals surface area (Å²) in [6.45, 7) is 0. The van der Waals surface area contributed by atoms with Crippen LogP contribution in [0.3, 0.4) is 0 Å². The molecule has 52 heavy (non-hydrogen) atoms. The van der Waals surface area contributed by atoms with Gasteiger partial charge in [-0.3, -0.25) is 0 Å². The fourth-order valence-electron chi connectivity index (χ4n) is 8.18. The van der Waals surface area contributed by atoms with Gasteiger partial charge in [0.1, 0.15) is 17.6 Å². The molecule has 8 aromatic rings. The van der Waals surface area contributed by atoms with E-state index in [1.165, 1.54) is 22.3 Å². The molecule has 0 unspecified atom stereocenters. The van der Waals surface area contributed by atoms with Gasteiger partial charge in [-0.15, -0.1) is 0 Å². The van der Waals surface area contributed by atoms with Crippen LogP contribution >= 0.6 is 0 Å². The summed E-state index contributed by atoms with van der Waals surface area (Å²) in [7, 11) is 0. The third-order valence-corrected chi connectivity index (χ3v) is 10.4. The molecular formula is C48H29N3O. The van der Waals surface area contributed by atoms with E-state index in [2.05, 4.69) is 121 Å². The van der Waals surface area contributed by atoms with Gasteiger partial charge < -0.3 is 4.74 Å². The van der Waals surface area contributed by atoms with E-state index in [-0.39, 0.29) is 0 Å². The molecule has 0 N–H and O–H groups in total. The third kappa shape index (κ3) is 4.40. The smallest absolute Gasteiger partial charge is 0.160 e.